The van der Waals surface area contributed by atoms with Crippen molar-refractivity contribution in [1.82, 2.24) is 0 Å². The topological polar surface area (TPSA) is 40.5 Å². The van der Waals surface area contributed by atoms with Crippen LogP contribution in [0.4, 0.5) is 0 Å². The summed E-state index contributed by atoms with van der Waals surface area (Å²) in [5.74, 6) is 0.368. The van der Waals surface area contributed by atoms with Crippen molar-refractivity contribution in [2.75, 3.05) is 0 Å². The Morgan fingerprint density at radius 2 is 1.58 bits per heavy atom. The molecule has 0 aliphatic heterocycles. The highest BCUT2D eigenvalue weighted by molar-refractivity contribution is 5.29. The van der Waals surface area contributed by atoms with Gasteiger partial charge in [-0.1, -0.05) is 18.2 Å². The summed E-state index contributed by atoms with van der Waals surface area (Å²) in [7, 11) is 0. The van der Waals surface area contributed by atoms with Crippen LogP contribution in [0.2, 0.25) is 0 Å². The van der Waals surface area contributed by atoms with E-state index in [9.17, 15) is 0 Å². The van der Waals surface area contributed by atoms with Crippen molar-refractivity contribution in [2.24, 2.45) is 0 Å². The summed E-state index contributed by atoms with van der Waals surface area (Å²) in [6, 6.07) is 7.25. The van der Waals surface area contributed by atoms with Gasteiger partial charge in [0.05, 0.1) is 0 Å². The maximum absolute atomic E-state index is 8.92. The average molecular weight is 168 g/mol. The minimum atomic E-state index is -0.167. The van der Waals surface area contributed by atoms with Gasteiger partial charge in [0.15, 0.2) is 0 Å². The van der Waals surface area contributed by atoms with E-state index >= 15 is 0 Å². The summed E-state index contributed by atoms with van der Waals surface area (Å²) in [5.41, 5.74) is 0.924. The van der Waals surface area contributed by atoms with Crippen LogP contribution in [0.5, 0.6) is 5.75 Å². The van der Waals surface area contributed by atoms with E-state index in [0.717, 1.165) is 5.56 Å². The molecular formula is C10H16O2. The summed E-state index contributed by atoms with van der Waals surface area (Å²) < 4.78 is 0. The van der Waals surface area contributed by atoms with E-state index < -0.39 is 0 Å². The molecule has 0 amide bonds. The molecule has 2 nitrogen and oxygen atoms in total. The minimum Gasteiger partial charge on any atom is -0.508 e. The first-order chi connectivity index (χ1) is 5.54. The molecule has 0 aromatic heterocycles. The molecule has 0 fully saturated rings. The Kier molecular flexibility index (Phi) is 5.13. The van der Waals surface area contributed by atoms with Crippen molar-refractivity contribution in [3.8, 4) is 5.75 Å². The summed E-state index contributed by atoms with van der Waals surface area (Å²) in [6.07, 6.45) is -0.167. The molecule has 0 heterocycles. The average Bonchev–Trinajstić information content (AvgIpc) is 1.94. The predicted molar refractivity (Wildman–Crippen MR) is 50.2 cm³/mol. The fourth-order valence-electron chi connectivity index (χ4n) is 0.563. The maximum atomic E-state index is 8.92. The minimum absolute atomic E-state index is 0.167. The molecule has 1 aromatic carbocycles. The molecule has 2 N–H and O–H groups in total. The Bertz CT molecular complexity index is 195. The van der Waals surface area contributed by atoms with Crippen LogP contribution in [0.15, 0.2) is 24.3 Å². The molecule has 1 aromatic rings. The van der Waals surface area contributed by atoms with E-state index in [2.05, 4.69) is 0 Å². The highest BCUT2D eigenvalue weighted by Gasteiger charge is 1.86. The lowest BCUT2D eigenvalue weighted by molar-refractivity contribution is 0.216. The second-order valence-corrected chi connectivity index (χ2v) is 2.88. The second-order valence-electron chi connectivity index (χ2n) is 2.88. The third-order valence-corrected chi connectivity index (χ3v) is 1.12. The number of para-hydroxylation sites is 1. The highest BCUT2D eigenvalue weighted by Crippen LogP contribution is 2.12. The Morgan fingerprint density at radius 1 is 1.17 bits per heavy atom. The molecule has 2 heteroatoms. The summed E-state index contributed by atoms with van der Waals surface area (Å²) in [6.45, 7) is 5.31. The van der Waals surface area contributed by atoms with E-state index in [1.165, 1.54) is 0 Å². The van der Waals surface area contributed by atoms with Crippen LogP contribution in [0.25, 0.3) is 0 Å². The van der Waals surface area contributed by atoms with Crippen LogP contribution in [0, 0.1) is 6.92 Å². The van der Waals surface area contributed by atoms with Gasteiger partial charge in [-0.25, -0.2) is 0 Å². The van der Waals surface area contributed by atoms with Gasteiger partial charge in [-0.2, -0.15) is 0 Å². The lowest BCUT2D eigenvalue weighted by atomic mass is 10.2. The van der Waals surface area contributed by atoms with Crippen molar-refractivity contribution in [3.05, 3.63) is 29.8 Å². The van der Waals surface area contributed by atoms with Gasteiger partial charge < -0.3 is 10.2 Å². The quantitative estimate of drug-likeness (QED) is 0.622. The Morgan fingerprint density at radius 3 is 1.83 bits per heavy atom. The SMILES string of the molecule is CC(C)O.Cc1ccccc1O. The number of phenolic OH excluding ortho intramolecular Hbond substituents is 1. The van der Waals surface area contributed by atoms with E-state index in [-0.39, 0.29) is 6.10 Å². The normalized spacial score (nSPS) is 9.08. The zero-order valence-corrected chi connectivity index (χ0v) is 7.78. The maximum Gasteiger partial charge on any atom is 0.118 e. The van der Waals surface area contributed by atoms with Crippen LogP contribution in [-0.4, -0.2) is 16.3 Å². The second kappa shape index (κ2) is 5.61. The monoisotopic (exact) mass is 168 g/mol. The first-order valence-electron chi connectivity index (χ1n) is 3.96. The number of hydrogen-bond acceptors (Lipinski definition) is 2. The van der Waals surface area contributed by atoms with Crippen molar-refractivity contribution in [2.45, 2.75) is 26.9 Å². The zero-order chi connectivity index (χ0) is 9.56. The van der Waals surface area contributed by atoms with Crippen molar-refractivity contribution in [3.63, 3.8) is 0 Å². The van der Waals surface area contributed by atoms with Crippen molar-refractivity contribution >= 4 is 0 Å². The molecule has 0 aliphatic rings. The van der Waals surface area contributed by atoms with Crippen LogP contribution in [0.1, 0.15) is 19.4 Å². The first-order valence-corrected chi connectivity index (χ1v) is 3.96. The number of benzene rings is 1. The van der Waals surface area contributed by atoms with E-state index in [4.69, 9.17) is 10.2 Å². The molecule has 0 saturated carbocycles. The van der Waals surface area contributed by atoms with Gasteiger partial charge in [-0.05, 0) is 32.4 Å². The number of aliphatic hydroxyl groups is 1. The number of hydrogen-bond donors (Lipinski definition) is 2. The molecule has 0 radical (unpaired) electrons. The van der Waals surface area contributed by atoms with Crippen LogP contribution >= 0.6 is 0 Å². The molecule has 0 saturated heterocycles. The predicted octanol–water partition coefficient (Wildman–Crippen LogP) is 2.09. The summed E-state index contributed by atoms with van der Waals surface area (Å²) in [4.78, 5) is 0. The van der Waals surface area contributed by atoms with Crippen molar-refractivity contribution < 1.29 is 10.2 Å². The van der Waals surface area contributed by atoms with Gasteiger partial charge in [0.2, 0.25) is 0 Å². The van der Waals surface area contributed by atoms with E-state index in [1.54, 1.807) is 19.9 Å². The molecule has 0 unspecified atom stereocenters. The number of rotatable bonds is 0. The van der Waals surface area contributed by atoms with E-state index in [0.29, 0.717) is 5.75 Å². The van der Waals surface area contributed by atoms with Gasteiger partial charge >= 0.3 is 0 Å². The lowest BCUT2D eigenvalue weighted by Gasteiger charge is -1.92. The molecule has 1 rings (SSSR count). The molecule has 68 valence electrons. The summed E-state index contributed by atoms with van der Waals surface area (Å²) in [5, 5.41) is 17.0. The van der Waals surface area contributed by atoms with Gasteiger partial charge in [-0.15, -0.1) is 0 Å². The molecule has 0 bridgehead atoms. The smallest absolute Gasteiger partial charge is 0.118 e. The van der Waals surface area contributed by atoms with E-state index in [1.807, 2.05) is 25.1 Å². The van der Waals surface area contributed by atoms with Crippen LogP contribution in [0.3, 0.4) is 0 Å². The van der Waals surface area contributed by atoms with Gasteiger partial charge in [-0.3, -0.25) is 0 Å². The molecule has 12 heavy (non-hydrogen) atoms. The number of aryl methyl sites for hydroxylation is 1. The number of aromatic hydroxyl groups is 1. The Hall–Kier alpha value is -1.02. The Balaban J connectivity index is 0.000000261. The fraction of sp³-hybridized carbons (Fsp3) is 0.400. The first kappa shape index (κ1) is 11.0. The molecular weight excluding hydrogens is 152 g/mol. The largest absolute Gasteiger partial charge is 0.508 e. The fourth-order valence-corrected chi connectivity index (χ4v) is 0.563. The molecule has 0 aliphatic carbocycles. The van der Waals surface area contributed by atoms with Gasteiger partial charge in [0.1, 0.15) is 5.75 Å². The molecule has 0 spiro atoms. The standard InChI is InChI=1S/C7H8O.C3H8O/c1-6-4-2-3-5-7(6)8;1-3(2)4/h2-5,8H,1H3;3-4H,1-2H3. The summed E-state index contributed by atoms with van der Waals surface area (Å²) >= 11 is 0. The van der Waals surface area contributed by atoms with Gasteiger partial charge in [0, 0.05) is 6.10 Å². The lowest BCUT2D eigenvalue weighted by Crippen LogP contribution is -1.85. The zero-order valence-electron chi connectivity index (χ0n) is 7.78. The third kappa shape index (κ3) is 5.74. The molecule has 0 atom stereocenters. The van der Waals surface area contributed by atoms with Crippen LogP contribution < -0.4 is 0 Å². The Labute approximate surface area is 73.5 Å². The third-order valence-electron chi connectivity index (χ3n) is 1.12. The number of phenols is 1. The van der Waals surface area contributed by atoms with Crippen molar-refractivity contribution in [1.29, 1.82) is 0 Å². The highest BCUT2D eigenvalue weighted by atomic mass is 16.3. The van der Waals surface area contributed by atoms with Crippen LogP contribution in [-0.2, 0) is 0 Å². The van der Waals surface area contributed by atoms with Gasteiger partial charge in [0.25, 0.3) is 0 Å². The number of aliphatic hydroxyl groups excluding tert-OH is 1.